The number of hydrogen-bond acceptors (Lipinski definition) is 4. The van der Waals surface area contributed by atoms with Gasteiger partial charge in [0, 0.05) is 5.69 Å². The number of amides is 2. The van der Waals surface area contributed by atoms with E-state index >= 15 is 0 Å². The number of aryl methyl sites for hydroxylation is 1. The summed E-state index contributed by atoms with van der Waals surface area (Å²) >= 11 is 0. The molecule has 0 fully saturated rings. The zero-order valence-corrected chi connectivity index (χ0v) is 11.7. The molecule has 0 aromatic carbocycles. The van der Waals surface area contributed by atoms with Crippen molar-refractivity contribution in [2.75, 3.05) is 5.32 Å². The lowest BCUT2D eigenvalue weighted by molar-refractivity contribution is -0.144. The number of H-pyrrole nitrogens is 1. The van der Waals surface area contributed by atoms with Crippen LogP contribution in [0.25, 0.3) is 0 Å². The quantitative estimate of drug-likeness (QED) is 0.810. The Labute approximate surface area is 123 Å². The number of carbonyl (C=O) groups excluding carboxylic acids is 1. The molecule has 0 unspecified atom stereocenters. The van der Waals surface area contributed by atoms with Crippen molar-refractivity contribution < 1.29 is 18.0 Å². The fraction of sp³-hybridized carbons (Fsp3) is 0.333. The van der Waals surface area contributed by atoms with Crippen molar-refractivity contribution in [2.24, 2.45) is 0 Å². The van der Waals surface area contributed by atoms with Crippen molar-refractivity contribution in [3.8, 4) is 0 Å². The molecule has 22 heavy (non-hydrogen) atoms. The van der Waals surface area contributed by atoms with Gasteiger partial charge >= 0.3 is 12.2 Å². The summed E-state index contributed by atoms with van der Waals surface area (Å²) in [5, 5.41) is 10.1. The van der Waals surface area contributed by atoms with Gasteiger partial charge < -0.3 is 5.32 Å². The summed E-state index contributed by atoms with van der Waals surface area (Å²) in [5.41, 5.74) is 0.718. The van der Waals surface area contributed by atoms with E-state index in [1.807, 2.05) is 0 Å². The molecular weight excluding hydrogens is 301 g/mol. The first-order valence-corrected chi connectivity index (χ1v) is 6.26. The van der Waals surface area contributed by atoms with Gasteiger partial charge in [-0.1, -0.05) is 6.07 Å². The number of urea groups is 1. The summed E-state index contributed by atoms with van der Waals surface area (Å²) in [6.45, 7) is 3.24. The Kier molecular flexibility index (Phi) is 4.29. The maximum absolute atomic E-state index is 12.4. The average molecular weight is 314 g/mol. The molecule has 118 valence electrons. The molecule has 2 rings (SSSR count). The van der Waals surface area contributed by atoms with E-state index in [9.17, 15) is 18.0 Å². The molecular formula is C12H13F3N6O. The second kappa shape index (κ2) is 6.00. The van der Waals surface area contributed by atoms with Crippen LogP contribution in [0.5, 0.6) is 0 Å². The number of aromatic amines is 1. The molecule has 0 aliphatic rings. The van der Waals surface area contributed by atoms with Gasteiger partial charge in [-0.2, -0.15) is 13.2 Å². The standard InChI is InChI=1S/C12H13F3N6O/c1-6-4-3-5-8(16-6)18-11(22)17-7(2)9-19-10(21-20-9)12(13,14)15/h3-5,7H,1-2H3,(H,19,20,21)(H2,16,17,18,22)/t7-/m0/s1. The maximum Gasteiger partial charge on any atom is 0.453 e. The van der Waals surface area contributed by atoms with E-state index in [0.717, 1.165) is 5.69 Å². The lowest BCUT2D eigenvalue weighted by Crippen LogP contribution is -2.32. The molecule has 0 saturated carbocycles. The minimum Gasteiger partial charge on any atom is -0.328 e. The van der Waals surface area contributed by atoms with Gasteiger partial charge in [0.1, 0.15) is 11.6 Å². The van der Waals surface area contributed by atoms with Crippen molar-refractivity contribution in [3.63, 3.8) is 0 Å². The van der Waals surface area contributed by atoms with Crippen molar-refractivity contribution in [1.29, 1.82) is 0 Å². The van der Waals surface area contributed by atoms with Crippen LogP contribution in [0.1, 0.15) is 30.3 Å². The first-order chi connectivity index (χ1) is 10.3. The number of nitrogens with one attached hydrogen (secondary N) is 3. The molecule has 0 aliphatic carbocycles. The molecule has 0 aliphatic heterocycles. The molecule has 2 aromatic heterocycles. The third kappa shape index (κ3) is 3.93. The molecule has 7 nitrogen and oxygen atoms in total. The maximum atomic E-state index is 12.4. The van der Waals surface area contributed by atoms with Crippen LogP contribution < -0.4 is 10.6 Å². The topological polar surface area (TPSA) is 95.6 Å². The van der Waals surface area contributed by atoms with Crippen molar-refractivity contribution in [3.05, 3.63) is 35.5 Å². The zero-order chi connectivity index (χ0) is 16.3. The van der Waals surface area contributed by atoms with E-state index in [2.05, 4.69) is 30.8 Å². The smallest absolute Gasteiger partial charge is 0.328 e. The lowest BCUT2D eigenvalue weighted by Gasteiger charge is -2.12. The zero-order valence-electron chi connectivity index (χ0n) is 11.7. The second-order valence-corrected chi connectivity index (χ2v) is 4.53. The van der Waals surface area contributed by atoms with E-state index in [4.69, 9.17) is 0 Å². The highest BCUT2D eigenvalue weighted by Crippen LogP contribution is 2.26. The van der Waals surface area contributed by atoms with Crippen molar-refractivity contribution >= 4 is 11.8 Å². The van der Waals surface area contributed by atoms with Crippen LogP contribution in [0.3, 0.4) is 0 Å². The van der Waals surface area contributed by atoms with Gasteiger partial charge in [-0.15, -0.1) is 5.10 Å². The molecule has 0 saturated heterocycles. The Morgan fingerprint density at radius 1 is 1.32 bits per heavy atom. The van der Waals surface area contributed by atoms with E-state index < -0.39 is 24.1 Å². The van der Waals surface area contributed by atoms with Crippen molar-refractivity contribution in [2.45, 2.75) is 26.1 Å². The van der Waals surface area contributed by atoms with E-state index in [1.54, 1.807) is 25.1 Å². The third-order valence-corrected chi connectivity index (χ3v) is 2.64. The SMILES string of the molecule is Cc1cccc(NC(=O)N[C@@H](C)c2nc(C(F)(F)F)n[nH]2)n1. The molecule has 10 heteroatoms. The van der Waals surface area contributed by atoms with Gasteiger partial charge in [0.25, 0.3) is 5.82 Å². The molecule has 0 spiro atoms. The van der Waals surface area contributed by atoms with Gasteiger partial charge in [-0.05, 0) is 26.0 Å². The van der Waals surface area contributed by atoms with Crippen LogP contribution in [0.4, 0.5) is 23.8 Å². The van der Waals surface area contributed by atoms with Gasteiger partial charge in [0.05, 0.1) is 6.04 Å². The number of carbonyl (C=O) groups is 1. The first kappa shape index (κ1) is 15.7. The van der Waals surface area contributed by atoms with Gasteiger partial charge in [0.2, 0.25) is 0 Å². The van der Waals surface area contributed by atoms with E-state index in [0.29, 0.717) is 5.82 Å². The highest BCUT2D eigenvalue weighted by Gasteiger charge is 2.36. The molecule has 2 heterocycles. The number of anilines is 1. The van der Waals surface area contributed by atoms with E-state index in [-0.39, 0.29) is 5.82 Å². The fourth-order valence-corrected chi connectivity index (χ4v) is 1.62. The molecule has 0 radical (unpaired) electrons. The number of rotatable bonds is 3. The normalized spacial score (nSPS) is 12.8. The Morgan fingerprint density at radius 2 is 2.05 bits per heavy atom. The molecule has 2 amide bonds. The van der Waals surface area contributed by atoms with Crippen LogP contribution in [0.2, 0.25) is 0 Å². The van der Waals surface area contributed by atoms with E-state index in [1.165, 1.54) is 6.92 Å². The number of halogens is 3. The Bertz CT molecular complexity index is 669. The van der Waals surface area contributed by atoms with Gasteiger partial charge in [-0.3, -0.25) is 10.4 Å². The molecule has 0 bridgehead atoms. The number of aromatic nitrogens is 4. The Hall–Kier alpha value is -2.65. The predicted octanol–water partition coefficient (Wildman–Crippen LogP) is 2.41. The molecule has 1 atom stereocenters. The third-order valence-electron chi connectivity index (χ3n) is 2.64. The Morgan fingerprint density at radius 3 is 2.64 bits per heavy atom. The van der Waals surface area contributed by atoms with Crippen LogP contribution >= 0.6 is 0 Å². The average Bonchev–Trinajstić information content (AvgIpc) is 2.87. The summed E-state index contributed by atoms with van der Waals surface area (Å²) in [5.74, 6) is -1.05. The summed E-state index contributed by atoms with van der Waals surface area (Å²) in [6, 6.07) is 3.67. The highest BCUT2D eigenvalue weighted by molar-refractivity contribution is 5.88. The molecule has 2 aromatic rings. The number of nitrogens with zero attached hydrogens (tertiary/aromatic N) is 3. The Balaban J connectivity index is 1.98. The first-order valence-electron chi connectivity index (χ1n) is 6.26. The number of hydrogen-bond donors (Lipinski definition) is 3. The lowest BCUT2D eigenvalue weighted by atomic mass is 10.3. The van der Waals surface area contributed by atoms with Crippen LogP contribution in [0, 0.1) is 6.92 Å². The van der Waals surface area contributed by atoms with Gasteiger partial charge in [0.15, 0.2) is 0 Å². The van der Waals surface area contributed by atoms with Crippen LogP contribution in [0.15, 0.2) is 18.2 Å². The van der Waals surface area contributed by atoms with Crippen LogP contribution in [-0.2, 0) is 6.18 Å². The minimum absolute atomic E-state index is 0.0975. The minimum atomic E-state index is -4.64. The number of alkyl halides is 3. The molecule has 3 N–H and O–H groups in total. The highest BCUT2D eigenvalue weighted by atomic mass is 19.4. The second-order valence-electron chi connectivity index (χ2n) is 4.53. The monoisotopic (exact) mass is 314 g/mol. The van der Waals surface area contributed by atoms with Crippen LogP contribution in [-0.4, -0.2) is 26.2 Å². The summed E-state index contributed by atoms with van der Waals surface area (Å²) in [4.78, 5) is 19.1. The largest absolute Gasteiger partial charge is 0.453 e. The fourth-order valence-electron chi connectivity index (χ4n) is 1.62. The predicted molar refractivity (Wildman–Crippen MR) is 70.9 cm³/mol. The summed E-state index contributed by atoms with van der Waals surface area (Å²) in [6.07, 6.45) is -4.64. The summed E-state index contributed by atoms with van der Waals surface area (Å²) in [7, 11) is 0. The summed E-state index contributed by atoms with van der Waals surface area (Å²) < 4.78 is 37.2. The number of pyridine rings is 1. The van der Waals surface area contributed by atoms with Gasteiger partial charge in [-0.25, -0.2) is 14.8 Å². The van der Waals surface area contributed by atoms with Crippen molar-refractivity contribution in [1.82, 2.24) is 25.5 Å².